The van der Waals surface area contributed by atoms with E-state index in [9.17, 15) is 0 Å². The molecule has 2 heterocycles. The molecule has 0 bridgehead atoms. The Balaban J connectivity index is 0.00000363. The van der Waals surface area contributed by atoms with Crippen LogP contribution in [0, 0.1) is 5.41 Å². The van der Waals surface area contributed by atoms with Gasteiger partial charge in [0.25, 0.3) is 0 Å². The van der Waals surface area contributed by atoms with Crippen LogP contribution in [0.4, 0.5) is 0 Å². The molecule has 0 aromatic heterocycles. The predicted molar refractivity (Wildman–Crippen MR) is 146 cm³/mol. The first-order valence-electron chi connectivity index (χ1n) is 13.1. The Morgan fingerprint density at radius 1 is 0.906 bits per heavy atom. The van der Waals surface area contributed by atoms with Crippen LogP contribution in [0.25, 0.3) is 0 Å². The monoisotopic (exact) mass is 563 g/mol. The SMILES string of the molecule is CCNC(=NCC1(CCOCC)CCCC1)NCC1(N2CCCCC2)CCN(C)CC1.I. The molecule has 7 heteroatoms. The maximum atomic E-state index is 5.70. The number of ether oxygens (including phenoxy) is 1. The third-order valence-electron chi connectivity index (χ3n) is 8.09. The molecule has 188 valence electrons. The molecule has 1 saturated carbocycles. The van der Waals surface area contributed by atoms with Crippen molar-refractivity contribution in [2.75, 3.05) is 66.1 Å². The second-order valence-corrected chi connectivity index (χ2v) is 10.3. The standard InChI is InChI=1S/C25H49N5O.HI/c1-4-26-23(27-21-24(11-7-8-12-24)15-20-31-5-2)28-22-25(13-18-29(3)19-14-25)30-16-9-6-10-17-30;/h4-22H2,1-3H3,(H2,26,27,28);1H. The zero-order valence-electron chi connectivity index (χ0n) is 21.1. The van der Waals surface area contributed by atoms with Crippen LogP contribution >= 0.6 is 24.0 Å². The van der Waals surface area contributed by atoms with Gasteiger partial charge in [0.05, 0.1) is 0 Å². The number of hydrogen-bond donors (Lipinski definition) is 2. The first kappa shape index (κ1) is 28.1. The number of piperidine rings is 2. The Morgan fingerprint density at radius 3 is 2.22 bits per heavy atom. The van der Waals surface area contributed by atoms with Gasteiger partial charge in [-0.15, -0.1) is 24.0 Å². The van der Waals surface area contributed by atoms with E-state index < -0.39 is 0 Å². The molecular weight excluding hydrogens is 513 g/mol. The van der Waals surface area contributed by atoms with Crippen molar-refractivity contribution in [3.8, 4) is 0 Å². The molecule has 0 radical (unpaired) electrons. The molecule has 0 spiro atoms. The third kappa shape index (κ3) is 7.98. The summed E-state index contributed by atoms with van der Waals surface area (Å²) in [5.41, 5.74) is 0.624. The highest BCUT2D eigenvalue weighted by Gasteiger charge is 2.40. The lowest BCUT2D eigenvalue weighted by molar-refractivity contribution is 0.0173. The van der Waals surface area contributed by atoms with E-state index in [1.165, 1.54) is 84.0 Å². The summed E-state index contributed by atoms with van der Waals surface area (Å²) in [5, 5.41) is 7.34. The molecule has 2 aliphatic heterocycles. The molecule has 2 N–H and O–H groups in total. The van der Waals surface area contributed by atoms with Gasteiger partial charge in [-0.2, -0.15) is 0 Å². The number of nitrogens with one attached hydrogen (secondary N) is 2. The van der Waals surface area contributed by atoms with E-state index in [1.54, 1.807) is 0 Å². The van der Waals surface area contributed by atoms with Gasteiger partial charge >= 0.3 is 0 Å². The van der Waals surface area contributed by atoms with Crippen LogP contribution in [0.2, 0.25) is 0 Å². The molecule has 0 aromatic rings. The maximum Gasteiger partial charge on any atom is 0.191 e. The van der Waals surface area contributed by atoms with Crippen LogP contribution in [0.1, 0.15) is 78.1 Å². The fourth-order valence-corrected chi connectivity index (χ4v) is 5.89. The summed E-state index contributed by atoms with van der Waals surface area (Å²) in [5.74, 6) is 1.01. The molecule has 0 aromatic carbocycles. The highest BCUT2D eigenvalue weighted by Crippen LogP contribution is 2.41. The van der Waals surface area contributed by atoms with Gasteiger partial charge in [-0.05, 0) is 97.4 Å². The van der Waals surface area contributed by atoms with Crippen molar-refractivity contribution >= 4 is 29.9 Å². The van der Waals surface area contributed by atoms with E-state index >= 15 is 0 Å². The number of likely N-dealkylation sites (tertiary alicyclic amines) is 2. The summed E-state index contributed by atoms with van der Waals surface area (Å²) in [7, 11) is 2.27. The Hall–Kier alpha value is -0.120. The molecule has 6 nitrogen and oxygen atoms in total. The lowest BCUT2D eigenvalue weighted by Crippen LogP contribution is -2.62. The van der Waals surface area contributed by atoms with Gasteiger partial charge in [-0.3, -0.25) is 9.89 Å². The summed E-state index contributed by atoms with van der Waals surface area (Å²) in [6.07, 6.45) is 13.1. The van der Waals surface area contributed by atoms with Gasteiger partial charge in [0.2, 0.25) is 0 Å². The summed E-state index contributed by atoms with van der Waals surface area (Å²) in [6.45, 7) is 13.7. The number of nitrogens with zero attached hydrogens (tertiary/aromatic N) is 3. The van der Waals surface area contributed by atoms with Gasteiger partial charge < -0.3 is 20.3 Å². The van der Waals surface area contributed by atoms with Gasteiger partial charge in [0.15, 0.2) is 5.96 Å². The molecule has 2 saturated heterocycles. The number of halogens is 1. The van der Waals surface area contributed by atoms with E-state index in [0.29, 0.717) is 5.41 Å². The van der Waals surface area contributed by atoms with Crippen molar-refractivity contribution in [2.45, 2.75) is 83.6 Å². The molecule has 32 heavy (non-hydrogen) atoms. The third-order valence-corrected chi connectivity index (χ3v) is 8.09. The minimum atomic E-state index is 0. The maximum absolute atomic E-state index is 5.70. The lowest BCUT2D eigenvalue weighted by Gasteiger charge is -2.50. The minimum Gasteiger partial charge on any atom is -0.382 e. The van der Waals surface area contributed by atoms with Crippen molar-refractivity contribution < 1.29 is 4.74 Å². The fraction of sp³-hybridized carbons (Fsp3) is 0.960. The van der Waals surface area contributed by atoms with Gasteiger partial charge in [-0.1, -0.05) is 19.3 Å². The quantitative estimate of drug-likeness (QED) is 0.182. The highest BCUT2D eigenvalue weighted by molar-refractivity contribution is 14.0. The van der Waals surface area contributed by atoms with E-state index in [0.717, 1.165) is 45.2 Å². The molecule has 0 unspecified atom stereocenters. The summed E-state index contributed by atoms with van der Waals surface area (Å²) in [4.78, 5) is 10.4. The summed E-state index contributed by atoms with van der Waals surface area (Å²) in [6, 6.07) is 0. The molecule has 3 aliphatic rings. The molecule has 3 rings (SSSR count). The van der Waals surface area contributed by atoms with Crippen LogP contribution in [0.3, 0.4) is 0 Å². The van der Waals surface area contributed by atoms with Crippen molar-refractivity contribution in [1.82, 2.24) is 20.4 Å². The number of hydrogen-bond acceptors (Lipinski definition) is 4. The zero-order valence-corrected chi connectivity index (χ0v) is 23.4. The van der Waals surface area contributed by atoms with Crippen LogP contribution in [0.15, 0.2) is 4.99 Å². The topological polar surface area (TPSA) is 52.1 Å². The van der Waals surface area contributed by atoms with Crippen molar-refractivity contribution in [2.24, 2.45) is 10.4 Å². The second-order valence-electron chi connectivity index (χ2n) is 10.3. The van der Waals surface area contributed by atoms with E-state index in [1.807, 2.05) is 0 Å². The average Bonchev–Trinajstić information content (AvgIpc) is 3.27. The number of guanidine groups is 1. The summed E-state index contributed by atoms with van der Waals surface area (Å²) < 4.78 is 5.70. The molecule has 1 aliphatic carbocycles. The largest absolute Gasteiger partial charge is 0.382 e. The Bertz CT molecular complexity index is 538. The molecule has 3 fully saturated rings. The van der Waals surface area contributed by atoms with Crippen molar-refractivity contribution in [1.29, 1.82) is 0 Å². The van der Waals surface area contributed by atoms with Crippen LogP contribution < -0.4 is 10.6 Å². The van der Waals surface area contributed by atoms with Crippen LogP contribution in [-0.4, -0.2) is 87.4 Å². The summed E-state index contributed by atoms with van der Waals surface area (Å²) >= 11 is 0. The Labute approximate surface area is 214 Å². The smallest absolute Gasteiger partial charge is 0.191 e. The zero-order chi connectivity index (χ0) is 22.0. The Morgan fingerprint density at radius 2 is 1.59 bits per heavy atom. The highest BCUT2D eigenvalue weighted by atomic mass is 127. The number of rotatable bonds is 10. The normalized spacial score (nSPS) is 24.2. The van der Waals surface area contributed by atoms with Gasteiger partial charge in [0, 0.05) is 38.4 Å². The fourth-order valence-electron chi connectivity index (χ4n) is 5.89. The van der Waals surface area contributed by atoms with Crippen LogP contribution in [0.5, 0.6) is 0 Å². The molecule has 0 atom stereocenters. The van der Waals surface area contributed by atoms with E-state index in [2.05, 4.69) is 41.3 Å². The predicted octanol–water partition coefficient (Wildman–Crippen LogP) is 4.10. The minimum absolute atomic E-state index is 0. The van der Waals surface area contributed by atoms with E-state index in [4.69, 9.17) is 9.73 Å². The lowest BCUT2D eigenvalue weighted by atomic mass is 9.83. The second kappa shape index (κ2) is 14.3. The first-order valence-corrected chi connectivity index (χ1v) is 13.1. The molecule has 0 amide bonds. The van der Waals surface area contributed by atoms with Crippen molar-refractivity contribution in [3.05, 3.63) is 0 Å². The van der Waals surface area contributed by atoms with Gasteiger partial charge in [-0.25, -0.2) is 0 Å². The number of aliphatic imine (C=N–C) groups is 1. The van der Waals surface area contributed by atoms with Crippen molar-refractivity contribution in [3.63, 3.8) is 0 Å². The van der Waals surface area contributed by atoms with Gasteiger partial charge in [0.1, 0.15) is 0 Å². The Kier molecular flexibility index (Phi) is 12.6. The average molecular weight is 564 g/mol. The van der Waals surface area contributed by atoms with Crippen LogP contribution in [-0.2, 0) is 4.74 Å². The molecular formula is C25H50IN5O. The first-order chi connectivity index (χ1) is 15.1. The van der Waals surface area contributed by atoms with E-state index in [-0.39, 0.29) is 29.5 Å².